The molecule has 1 N–H and O–H groups in total. The molecule has 1 heterocycles. The molecule has 3 nitrogen and oxygen atoms in total. The van der Waals surface area contributed by atoms with Gasteiger partial charge in [0.1, 0.15) is 0 Å². The van der Waals surface area contributed by atoms with Gasteiger partial charge in [-0.2, -0.15) is 0 Å². The van der Waals surface area contributed by atoms with E-state index in [4.69, 9.17) is 0 Å². The molecule has 3 heteroatoms. The second-order valence-electron chi connectivity index (χ2n) is 6.24. The average Bonchev–Trinajstić information content (AvgIpc) is 3.21. The van der Waals surface area contributed by atoms with E-state index in [1.807, 2.05) is 0 Å². The fraction of sp³-hybridized carbons (Fsp3) is 1.00. The Bertz CT molecular complexity index is 232. The lowest BCUT2D eigenvalue weighted by atomic mass is 10.1. The normalized spacial score (nSPS) is 26.2. The Kier molecular flexibility index (Phi) is 5.46. The highest BCUT2D eigenvalue weighted by Crippen LogP contribution is 2.27. The van der Waals surface area contributed by atoms with Crippen LogP contribution in [0.4, 0.5) is 0 Å². The van der Waals surface area contributed by atoms with Gasteiger partial charge < -0.3 is 5.32 Å². The molecular formula is C15H31N3. The van der Waals surface area contributed by atoms with Crippen molar-refractivity contribution in [3.63, 3.8) is 0 Å². The molecule has 2 aliphatic rings. The monoisotopic (exact) mass is 253 g/mol. The van der Waals surface area contributed by atoms with Gasteiger partial charge in [0.2, 0.25) is 0 Å². The zero-order valence-electron chi connectivity index (χ0n) is 12.5. The highest BCUT2D eigenvalue weighted by atomic mass is 15.3. The third-order valence-corrected chi connectivity index (χ3v) is 4.47. The maximum atomic E-state index is 3.60. The van der Waals surface area contributed by atoms with Crippen molar-refractivity contribution in [1.82, 2.24) is 15.1 Å². The largest absolute Gasteiger partial charge is 0.314 e. The van der Waals surface area contributed by atoms with Crippen molar-refractivity contribution in [3.05, 3.63) is 0 Å². The molecule has 0 radical (unpaired) electrons. The SMILES string of the molecule is CCCNC(C)CC(C)N1CCN(C2CC2)CC1. The third kappa shape index (κ3) is 4.22. The van der Waals surface area contributed by atoms with Crippen LogP contribution in [0, 0.1) is 0 Å². The molecule has 1 saturated carbocycles. The molecule has 0 aromatic heterocycles. The minimum atomic E-state index is 0.654. The summed E-state index contributed by atoms with van der Waals surface area (Å²) in [5, 5.41) is 3.60. The minimum Gasteiger partial charge on any atom is -0.314 e. The van der Waals surface area contributed by atoms with Crippen LogP contribution in [0.5, 0.6) is 0 Å². The summed E-state index contributed by atoms with van der Waals surface area (Å²) < 4.78 is 0. The topological polar surface area (TPSA) is 18.5 Å². The zero-order chi connectivity index (χ0) is 13.0. The summed E-state index contributed by atoms with van der Waals surface area (Å²) in [7, 11) is 0. The molecule has 1 aliphatic heterocycles. The van der Waals surface area contributed by atoms with E-state index in [1.54, 1.807) is 0 Å². The molecule has 1 saturated heterocycles. The van der Waals surface area contributed by atoms with Crippen molar-refractivity contribution < 1.29 is 0 Å². The first-order valence-corrected chi connectivity index (χ1v) is 7.92. The van der Waals surface area contributed by atoms with E-state index in [1.165, 1.54) is 51.9 Å². The average molecular weight is 253 g/mol. The lowest BCUT2D eigenvalue weighted by molar-refractivity contribution is 0.0906. The van der Waals surface area contributed by atoms with Crippen LogP contribution >= 0.6 is 0 Å². The lowest BCUT2D eigenvalue weighted by Gasteiger charge is -2.39. The fourth-order valence-electron chi connectivity index (χ4n) is 3.12. The van der Waals surface area contributed by atoms with Gasteiger partial charge in [-0.15, -0.1) is 0 Å². The van der Waals surface area contributed by atoms with Crippen LogP contribution in [0.25, 0.3) is 0 Å². The second-order valence-corrected chi connectivity index (χ2v) is 6.24. The van der Waals surface area contributed by atoms with E-state index < -0.39 is 0 Å². The smallest absolute Gasteiger partial charge is 0.0113 e. The Morgan fingerprint density at radius 2 is 1.78 bits per heavy atom. The zero-order valence-corrected chi connectivity index (χ0v) is 12.5. The predicted octanol–water partition coefficient (Wildman–Crippen LogP) is 1.93. The van der Waals surface area contributed by atoms with E-state index in [9.17, 15) is 0 Å². The molecule has 0 bridgehead atoms. The molecular weight excluding hydrogens is 222 g/mol. The molecule has 0 aromatic rings. The highest BCUT2D eigenvalue weighted by molar-refractivity contribution is 4.88. The minimum absolute atomic E-state index is 0.654. The molecule has 2 rings (SSSR count). The van der Waals surface area contributed by atoms with Crippen molar-refractivity contribution >= 4 is 0 Å². The van der Waals surface area contributed by atoms with Crippen LogP contribution in [-0.2, 0) is 0 Å². The van der Waals surface area contributed by atoms with E-state index in [0.717, 1.165) is 18.6 Å². The summed E-state index contributed by atoms with van der Waals surface area (Å²) >= 11 is 0. The predicted molar refractivity (Wildman–Crippen MR) is 78.0 cm³/mol. The molecule has 1 aliphatic carbocycles. The Labute approximate surface area is 113 Å². The van der Waals surface area contributed by atoms with Crippen molar-refractivity contribution in [1.29, 1.82) is 0 Å². The molecule has 106 valence electrons. The van der Waals surface area contributed by atoms with Gasteiger partial charge in [0.15, 0.2) is 0 Å². The molecule has 2 atom stereocenters. The number of nitrogens with one attached hydrogen (secondary N) is 1. The van der Waals surface area contributed by atoms with Crippen LogP contribution in [0.3, 0.4) is 0 Å². The van der Waals surface area contributed by atoms with E-state index in [-0.39, 0.29) is 0 Å². The van der Waals surface area contributed by atoms with Gasteiger partial charge in [0, 0.05) is 44.3 Å². The first-order valence-electron chi connectivity index (χ1n) is 7.92. The van der Waals surface area contributed by atoms with Gasteiger partial charge in [-0.1, -0.05) is 6.92 Å². The van der Waals surface area contributed by atoms with E-state index in [2.05, 4.69) is 35.9 Å². The first kappa shape index (κ1) is 14.3. The lowest BCUT2D eigenvalue weighted by Crippen LogP contribution is -2.51. The van der Waals surface area contributed by atoms with Crippen LogP contribution in [0.1, 0.15) is 46.5 Å². The molecule has 2 unspecified atom stereocenters. The van der Waals surface area contributed by atoms with Crippen molar-refractivity contribution in [2.24, 2.45) is 0 Å². The van der Waals surface area contributed by atoms with Crippen LogP contribution in [0.15, 0.2) is 0 Å². The van der Waals surface area contributed by atoms with Gasteiger partial charge in [-0.25, -0.2) is 0 Å². The number of hydrogen-bond donors (Lipinski definition) is 1. The quantitative estimate of drug-likeness (QED) is 0.748. The van der Waals surface area contributed by atoms with Crippen molar-refractivity contribution in [2.45, 2.75) is 64.6 Å². The number of hydrogen-bond acceptors (Lipinski definition) is 3. The van der Waals surface area contributed by atoms with Gasteiger partial charge in [0.05, 0.1) is 0 Å². The Morgan fingerprint density at radius 3 is 2.33 bits per heavy atom. The maximum Gasteiger partial charge on any atom is 0.0113 e. The second kappa shape index (κ2) is 6.88. The summed E-state index contributed by atoms with van der Waals surface area (Å²) in [5.41, 5.74) is 0. The van der Waals surface area contributed by atoms with E-state index in [0.29, 0.717) is 6.04 Å². The van der Waals surface area contributed by atoms with Crippen LogP contribution < -0.4 is 5.32 Å². The van der Waals surface area contributed by atoms with Gasteiger partial charge >= 0.3 is 0 Å². The maximum absolute atomic E-state index is 3.60. The van der Waals surface area contributed by atoms with Gasteiger partial charge in [-0.05, 0) is 46.1 Å². The van der Waals surface area contributed by atoms with E-state index >= 15 is 0 Å². The summed E-state index contributed by atoms with van der Waals surface area (Å²) in [4.78, 5) is 5.38. The molecule has 18 heavy (non-hydrogen) atoms. The fourth-order valence-corrected chi connectivity index (χ4v) is 3.12. The Morgan fingerprint density at radius 1 is 1.11 bits per heavy atom. The third-order valence-electron chi connectivity index (χ3n) is 4.47. The Balaban J connectivity index is 1.64. The Hall–Kier alpha value is -0.120. The van der Waals surface area contributed by atoms with Gasteiger partial charge in [-0.3, -0.25) is 9.80 Å². The van der Waals surface area contributed by atoms with Crippen molar-refractivity contribution in [2.75, 3.05) is 32.7 Å². The summed E-state index contributed by atoms with van der Waals surface area (Å²) in [6.07, 6.45) is 5.42. The molecule has 2 fully saturated rings. The van der Waals surface area contributed by atoms with Gasteiger partial charge in [0.25, 0.3) is 0 Å². The van der Waals surface area contributed by atoms with Crippen LogP contribution in [-0.4, -0.2) is 60.6 Å². The standard InChI is InChI=1S/C15H31N3/c1-4-7-16-13(2)12-14(3)17-8-10-18(11-9-17)15-5-6-15/h13-16H,4-12H2,1-3H3. The number of rotatable bonds is 7. The number of piperazine rings is 1. The summed E-state index contributed by atoms with van der Waals surface area (Å²) in [6.45, 7) is 13.3. The first-order chi connectivity index (χ1) is 8.70. The highest BCUT2D eigenvalue weighted by Gasteiger charge is 2.32. The number of nitrogens with zero attached hydrogens (tertiary/aromatic N) is 2. The van der Waals surface area contributed by atoms with Crippen LogP contribution in [0.2, 0.25) is 0 Å². The molecule has 0 aromatic carbocycles. The molecule has 0 amide bonds. The summed E-state index contributed by atoms with van der Waals surface area (Å²) in [6, 6.07) is 2.33. The molecule has 0 spiro atoms. The summed E-state index contributed by atoms with van der Waals surface area (Å²) in [5.74, 6) is 0. The van der Waals surface area contributed by atoms with Crippen molar-refractivity contribution in [3.8, 4) is 0 Å².